The van der Waals surface area contributed by atoms with Crippen molar-refractivity contribution in [1.82, 2.24) is 0 Å². The van der Waals surface area contributed by atoms with Gasteiger partial charge in [0.25, 0.3) is 0 Å². The van der Waals surface area contributed by atoms with E-state index in [1.54, 1.807) is 0 Å². The number of unbranched alkanes of at least 4 members (excludes halogenated alkanes) is 1. The molecule has 0 aromatic heterocycles. The molecule has 3 heteroatoms. The summed E-state index contributed by atoms with van der Waals surface area (Å²) in [4.78, 5) is 1.17. The molecule has 0 unspecified atom stereocenters. The number of ether oxygens (including phenoxy) is 1. The highest BCUT2D eigenvalue weighted by molar-refractivity contribution is 7.94. The van der Waals surface area contributed by atoms with Gasteiger partial charge in [0.2, 0.25) is 0 Å². The second-order valence-corrected chi connectivity index (χ2v) is 15.7. The van der Waals surface area contributed by atoms with Crippen molar-refractivity contribution in [2.45, 2.75) is 118 Å². The van der Waals surface area contributed by atoms with E-state index >= 15 is 0 Å². The number of benzene rings is 3. The lowest BCUT2D eigenvalue weighted by Crippen LogP contribution is -2.23. The van der Waals surface area contributed by atoms with Crippen molar-refractivity contribution >= 4 is 22.8 Å². The molecule has 41 heavy (non-hydrogen) atoms. The summed E-state index contributed by atoms with van der Waals surface area (Å²) >= 11 is 1.49. The maximum absolute atomic E-state index is 6.37. The number of fused-ring (bicyclic) bond motifs is 1. The van der Waals surface area contributed by atoms with E-state index in [2.05, 4.69) is 116 Å². The minimum absolute atomic E-state index is 0.151. The average Bonchev–Trinajstić information content (AvgIpc) is 2.90. The van der Waals surface area contributed by atoms with Crippen LogP contribution in [0.4, 0.5) is 0 Å². The van der Waals surface area contributed by atoms with Crippen LogP contribution in [0.1, 0.15) is 110 Å². The van der Waals surface area contributed by atoms with Crippen molar-refractivity contribution in [3.63, 3.8) is 0 Å². The van der Waals surface area contributed by atoms with Gasteiger partial charge in [-0.3, -0.25) is 0 Å². The lowest BCUT2D eigenvalue weighted by atomic mass is 9.77. The molecule has 0 aliphatic heterocycles. The molecule has 0 fully saturated rings. The second kappa shape index (κ2) is 15.6. The van der Waals surface area contributed by atoms with Crippen LogP contribution in [-0.4, -0.2) is 13.2 Å². The zero-order valence-electron chi connectivity index (χ0n) is 27.3. The predicted octanol–water partition coefficient (Wildman–Crippen LogP) is 11.8. The zero-order valence-corrected chi connectivity index (χ0v) is 28.1. The Morgan fingerprint density at radius 1 is 0.634 bits per heavy atom. The standard InChI is InChI=1S/C38H56O2S/c1-30-19-21-33(22-20-30)41-40-27-13-24-37(5,6)25-26-38(7,8)29-39-28-32-16-12-17-34-31(15-11-18-35(32)34)14-9-10-23-36(2,3)4/h11-12,15-22H,9-10,13-14,23-29H2,1-8H3. The summed E-state index contributed by atoms with van der Waals surface area (Å²) in [6.07, 6.45) is 9.59. The van der Waals surface area contributed by atoms with Crippen LogP contribution in [0, 0.1) is 23.2 Å². The number of aryl methyl sites for hydroxylation is 2. The van der Waals surface area contributed by atoms with Crippen molar-refractivity contribution in [3.05, 3.63) is 77.4 Å². The molecule has 0 N–H and O–H groups in total. The van der Waals surface area contributed by atoms with Crippen molar-refractivity contribution in [1.29, 1.82) is 0 Å². The third kappa shape index (κ3) is 12.5. The minimum Gasteiger partial charge on any atom is -0.376 e. The molecular weight excluding hydrogens is 520 g/mol. The van der Waals surface area contributed by atoms with Gasteiger partial charge in [-0.15, -0.1) is 0 Å². The first-order valence-electron chi connectivity index (χ1n) is 15.8. The molecule has 0 saturated heterocycles. The van der Waals surface area contributed by atoms with E-state index in [1.807, 2.05) is 0 Å². The molecular formula is C38H56O2S. The van der Waals surface area contributed by atoms with Crippen LogP contribution >= 0.6 is 12.0 Å². The highest BCUT2D eigenvalue weighted by atomic mass is 32.2. The third-order valence-electron chi connectivity index (χ3n) is 8.21. The van der Waals surface area contributed by atoms with Gasteiger partial charge in [0.15, 0.2) is 0 Å². The molecule has 0 aliphatic rings. The van der Waals surface area contributed by atoms with Gasteiger partial charge in [0.1, 0.15) is 0 Å². The van der Waals surface area contributed by atoms with Crippen LogP contribution < -0.4 is 0 Å². The quantitative estimate of drug-likeness (QED) is 0.118. The SMILES string of the molecule is Cc1ccc(SOCCCC(C)(C)CCC(C)(C)COCc2cccc3c(CCCCC(C)(C)C)cccc23)cc1. The van der Waals surface area contributed by atoms with Crippen molar-refractivity contribution < 1.29 is 8.92 Å². The summed E-state index contributed by atoms with van der Waals surface area (Å²) in [5, 5.41) is 2.74. The predicted molar refractivity (Wildman–Crippen MR) is 180 cm³/mol. The molecule has 226 valence electrons. The topological polar surface area (TPSA) is 18.5 Å². The van der Waals surface area contributed by atoms with Gasteiger partial charge < -0.3 is 8.92 Å². The highest BCUT2D eigenvalue weighted by Crippen LogP contribution is 2.35. The fraction of sp³-hybridized carbons (Fsp3) is 0.579. The first-order chi connectivity index (χ1) is 19.3. The third-order valence-corrected chi connectivity index (χ3v) is 8.96. The maximum atomic E-state index is 6.37. The summed E-state index contributed by atoms with van der Waals surface area (Å²) in [5.74, 6) is 0. The molecule has 3 rings (SSSR count). The molecule has 3 aromatic carbocycles. The molecule has 0 aliphatic carbocycles. The van der Waals surface area contributed by atoms with Crippen molar-refractivity contribution in [3.8, 4) is 0 Å². The van der Waals surface area contributed by atoms with Gasteiger partial charge in [0, 0.05) is 16.9 Å². The van der Waals surface area contributed by atoms with E-state index in [4.69, 9.17) is 8.92 Å². The zero-order chi connectivity index (χ0) is 29.9. The van der Waals surface area contributed by atoms with Gasteiger partial charge >= 0.3 is 0 Å². The fourth-order valence-electron chi connectivity index (χ4n) is 5.38. The number of rotatable bonds is 17. The monoisotopic (exact) mass is 576 g/mol. The lowest BCUT2D eigenvalue weighted by molar-refractivity contribution is 0.0405. The maximum Gasteiger partial charge on any atom is 0.0723 e. The van der Waals surface area contributed by atoms with Crippen LogP contribution in [0.25, 0.3) is 10.8 Å². The van der Waals surface area contributed by atoms with Crippen LogP contribution in [-0.2, 0) is 21.9 Å². The number of hydrogen-bond donors (Lipinski definition) is 0. The molecule has 0 amide bonds. The Morgan fingerprint density at radius 3 is 1.95 bits per heavy atom. The smallest absolute Gasteiger partial charge is 0.0723 e. The molecule has 0 bridgehead atoms. The Labute approximate surface area is 256 Å². The number of hydrogen-bond acceptors (Lipinski definition) is 3. The Bertz CT molecular complexity index is 1190. The van der Waals surface area contributed by atoms with Gasteiger partial charge in [-0.2, -0.15) is 0 Å². The van der Waals surface area contributed by atoms with E-state index in [-0.39, 0.29) is 5.41 Å². The molecule has 0 heterocycles. The van der Waals surface area contributed by atoms with Crippen LogP contribution in [0.15, 0.2) is 65.6 Å². The summed E-state index contributed by atoms with van der Waals surface area (Å²) in [6.45, 7) is 20.9. The van der Waals surface area contributed by atoms with E-state index in [0.29, 0.717) is 17.4 Å². The van der Waals surface area contributed by atoms with Gasteiger partial charge in [0.05, 0.1) is 19.8 Å². The first-order valence-corrected chi connectivity index (χ1v) is 16.5. The Kier molecular flexibility index (Phi) is 12.8. The van der Waals surface area contributed by atoms with E-state index in [0.717, 1.165) is 32.5 Å². The fourth-order valence-corrected chi connectivity index (χ4v) is 5.96. The van der Waals surface area contributed by atoms with Gasteiger partial charge in [-0.1, -0.05) is 109 Å². The van der Waals surface area contributed by atoms with Crippen LogP contribution in [0.5, 0.6) is 0 Å². The van der Waals surface area contributed by atoms with Crippen molar-refractivity contribution in [2.75, 3.05) is 13.2 Å². The lowest BCUT2D eigenvalue weighted by Gasteiger charge is -2.31. The molecule has 3 aromatic rings. The van der Waals surface area contributed by atoms with Crippen molar-refractivity contribution in [2.24, 2.45) is 16.2 Å². The van der Waals surface area contributed by atoms with Gasteiger partial charge in [-0.25, -0.2) is 0 Å². The summed E-state index contributed by atoms with van der Waals surface area (Å²) < 4.78 is 12.2. The Hall–Kier alpha value is -1.81. The van der Waals surface area contributed by atoms with Crippen LogP contribution in [0.2, 0.25) is 0 Å². The molecule has 0 spiro atoms. The van der Waals surface area contributed by atoms with Crippen LogP contribution in [0.3, 0.4) is 0 Å². The van der Waals surface area contributed by atoms with Gasteiger partial charge in [-0.05, 0) is 102 Å². The Balaban J connectivity index is 1.41. The average molecular weight is 577 g/mol. The highest BCUT2D eigenvalue weighted by Gasteiger charge is 2.25. The van der Waals surface area contributed by atoms with E-state index in [9.17, 15) is 0 Å². The van der Waals surface area contributed by atoms with E-state index in [1.165, 1.54) is 76.5 Å². The molecule has 0 atom stereocenters. The molecule has 0 radical (unpaired) electrons. The largest absolute Gasteiger partial charge is 0.376 e. The normalized spacial score (nSPS) is 12.8. The summed E-state index contributed by atoms with van der Waals surface area (Å²) in [6, 6.07) is 22.1. The second-order valence-electron chi connectivity index (χ2n) is 14.8. The molecule has 2 nitrogen and oxygen atoms in total. The summed E-state index contributed by atoms with van der Waals surface area (Å²) in [7, 11) is 0. The minimum atomic E-state index is 0.151. The first kappa shape index (κ1) is 33.7. The molecule has 0 saturated carbocycles. The van der Waals surface area contributed by atoms with E-state index < -0.39 is 0 Å². The Morgan fingerprint density at radius 2 is 1.27 bits per heavy atom. The summed E-state index contributed by atoms with van der Waals surface area (Å²) in [5.41, 5.74) is 4.93.